The van der Waals surface area contributed by atoms with Crippen LogP contribution in [0.15, 0.2) is 66.0 Å². The fraction of sp³-hybridized carbons (Fsp3) is 0.200. The van der Waals surface area contributed by atoms with Gasteiger partial charge in [0.2, 0.25) is 5.82 Å². The summed E-state index contributed by atoms with van der Waals surface area (Å²) in [5.41, 5.74) is 1.47. The van der Waals surface area contributed by atoms with Crippen LogP contribution in [0.25, 0.3) is 16.4 Å². The molecule has 10 heteroatoms. The van der Waals surface area contributed by atoms with Crippen LogP contribution in [-0.4, -0.2) is 59.4 Å². The molecule has 2 aromatic heterocycles. The highest BCUT2D eigenvalue weighted by Crippen LogP contribution is 2.27. The molecule has 2 aromatic carbocycles. The molecule has 1 amide bonds. The molecule has 0 aliphatic heterocycles. The molecule has 0 aliphatic carbocycles. The number of hydrogen-bond acceptors (Lipinski definition) is 8. The Labute approximate surface area is 206 Å². The van der Waals surface area contributed by atoms with Crippen LogP contribution >= 0.6 is 11.3 Å². The van der Waals surface area contributed by atoms with E-state index in [0.717, 1.165) is 10.6 Å². The largest absolute Gasteiger partial charge is 0.497 e. The Hall–Kier alpha value is -4.18. The summed E-state index contributed by atoms with van der Waals surface area (Å²) in [4.78, 5) is 32.5. The SMILES string of the molecule is COC(=O)CN(Cc1cc(OC)cc(OC)c1)C(=O)c1nc(-c2cccs2)n(-c2ccccc2)n1. The number of rotatable bonds is 9. The van der Waals surface area contributed by atoms with Crippen molar-refractivity contribution in [2.75, 3.05) is 27.9 Å². The summed E-state index contributed by atoms with van der Waals surface area (Å²) in [6.45, 7) is -0.182. The van der Waals surface area contributed by atoms with Crippen molar-refractivity contribution in [3.05, 3.63) is 77.4 Å². The Morgan fingerprint density at radius 3 is 2.29 bits per heavy atom. The maximum Gasteiger partial charge on any atom is 0.325 e. The third-order valence-corrected chi connectivity index (χ3v) is 6.03. The van der Waals surface area contributed by atoms with Crippen LogP contribution in [-0.2, 0) is 16.1 Å². The summed E-state index contributed by atoms with van der Waals surface area (Å²) >= 11 is 1.49. The van der Waals surface area contributed by atoms with Crippen molar-refractivity contribution in [1.29, 1.82) is 0 Å². The summed E-state index contributed by atoms with van der Waals surface area (Å²) in [5.74, 6) is 0.568. The molecule has 0 radical (unpaired) electrons. The number of carbonyl (C=O) groups excluding carboxylic acids is 2. The fourth-order valence-corrected chi connectivity index (χ4v) is 4.15. The van der Waals surface area contributed by atoms with E-state index in [2.05, 4.69) is 10.1 Å². The Bertz CT molecular complexity index is 1280. The predicted octanol–water partition coefficient (Wildman–Crippen LogP) is 3.83. The maximum absolute atomic E-state index is 13.6. The first-order valence-electron chi connectivity index (χ1n) is 10.7. The molecule has 0 bridgehead atoms. The van der Waals surface area contributed by atoms with Gasteiger partial charge in [-0.2, -0.15) is 0 Å². The van der Waals surface area contributed by atoms with E-state index in [4.69, 9.17) is 14.2 Å². The minimum atomic E-state index is -0.561. The number of methoxy groups -OCH3 is 3. The number of benzene rings is 2. The summed E-state index contributed by atoms with van der Waals surface area (Å²) in [5, 5.41) is 6.45. The number of aromatic nitrogens is 3. The predicted molar refractivity (Wildman–Crippen MR) is 131 cm³/mol. The minimum Gasteiger partial charge on any atom is -0.497 e. The van der Waals surface area contributed by atoms with Gasteiger partial charge < -0.3 is 19.1 Å². The van der Waals surface area contributed by atoms with Crippen LogP contribution in [0.5, 0.6) is 11.5 Å². The zero-order chi connectivity index (χ0) is 24.8. The van der Waals surface area contributed by atoms with Crippen LogP contribution < -0.4 is 9.47 Å². The average Bonchev–Trinajstić information content (AvgIpc) is 3.58. The van der Waals surface area contributed by atoms with Gasteiger partial charge >= 0.3 is 5.97 Å². The summed E-state index contributed by atoms with van der Waals surface area (Å²) in [6, 6.07) is 18.5. The number of ether oxygens (including phenoxy) is 3. The van der Waals surface area contributed by atoms with Crippen molar-refractivity contribution >= 4 is 23.2 Å². The molecule has 0 fully saturated rings. The van der Waals surface area contributed by atoms with Crippen LogP contribution in [0, 0.1) is 0 Å². The zero-order valence-electron chi connectivity index (χ0n) is 19.5. The first kappa shape index (κ1) is 24.0. The van der Waals surface area contributed by atoms with Crippen LogP contribution in [0.3, 0.4) is 0 Å². The van der Waals surface area contributed by atoms with Crippen molar-refractivity contribution in [1.82, 2.24) is 19.7 Å². The number of carbonyl (C=O) groups is 2. The highest BCUT2D eigenvalue weighted by Gasteiger charge is 2.26. The molecule has 2 heterocycles. The fourth-order valence-electron chi connectivity index (χ4n) is 3.46. The lowest BCUT2D eigenvalue weighted by atomic mass is 10.2. The number of nitrogens with zero attached hydrogens (tertiary/aromatic N) is 4. The molecule has 0 unspecified atom stereocenters. The van der Waals surface area contributed by atoms with Gasteiger partial charge in [0, 0.05) is 12.6 Å². The number of thiophene rings is 1. The van der Waals surface area contributed by atoms with Crippen LogP contribution in [0.1, 0.15) is 16.2 Å². The van der Waals surface area contributed by atoms with E-state index < -0.39 is 11.9 Å². The molecule has 9 nitrogen and oxygen atoms in total. The van der Waals surface area contributed by atoms with Gasteiger partial charge in [-0.25, -0.2) is 9.67 Å². The van der Waals surface area contributed by atoms with Gasteiger partial charge in [-0.3, -0.25) is 9.59 Å². The van der Waals surface area contributed by atoms with Gasteiger partial charge in [0.25, 0.3) is 5.91 Å². The summed E-state index contributed by atoms with van der Waals surface area (Å²) in [6.07, 6.45) is 0. The molecular formula is C25H24N4O5S. The molecular weight excluding hydrogens is 468 g/mol. The summed E-state index contributed by atoms with van der Waals surface area (Å²) in [7, 11) is 4.36. The van der Waals surface area contributed by atoms with Gasteiger partial charge in [0.1, 0.15) is 18.0 Å². The Balaban J connectivity index is 1.73. The van der Waals surface area contributed by atoms with Crippen molar-refractivity contribution in [2.45, 2.75) is 6.54 Å². The highest BCUT2D eigenvalue weighted by atomic mass is 32.1. The standard InChI is InChI=1S/C25H24N4O5S/c1-32-19-12-17(13-20(14-19)33-2)15-28(16-22(30)34-3)25(31)23-26-24(21-10-7-11-35-21)29(27-23)18-8-5-4-6-9-18/h4-14H,15-16H2,1-3H3. The third kappa shape index (κ3) is 5.49. The molecule has 4 aromatic rings. The lowest BCUT2D eigenvalue weighted by molar-refractivity contribution is -0.141. The second kappa shape index (κ2) is 10.8. The lowest BCUT2D eigenvalue weighted by Gasteiger charge is -2.20. The zero-order valence-corrected chi connectivity index (χ0v) is 20.3. The van der Waals surface area contributed by atoms with Gasteiger partial charge in [-0.15, -0.1) is 16.4 Å². The van der Waals surface area contributed by atoms with Gasteiger partial charge in [0.05, 0.1) is 31.9 Å². The van der Waals surface area contributed by atoms with E-state index in [-0.39, 0.29) is 18.9 Å². The lowest BCUT2D eigenvalue weighted by Crippen LogP contribution is -2.36. The first-order valence-corrected chi connectivity index (χ1v) is 11.5. The molecule has 35 heavy (non-hydrogen) atoms. The van der Waals surface area contributed by atoms with E-state index in [1.807, 2.05) is 47.8 Å². The molecule has 0 saturated heterocycles. The van der Waals surface area contributed by atoms with Crippen molar-refractivity contribution in [2.24, 2.45) is 0 Å². The Morgan fingerprint density at radius 2 is 1.69 bits per heavy atom. The normalized spacial score (nSPS) is 10.6. The molecule has 0 aliphatic rings. The van der Waals surface area contributed by atoms with Crippen molar-refractivity contribution in [3.8, 4) is 27.9 Å². The number of amides is 1. The van der Waals surface area contributed by atoms with Crippen molar-refractivity contribution < 1.29 is 23.8 Å². The topological polar surface area (TPSA) is 95.8 Å². The van der Waals surface area contributed by atoms with E-state index >= 15 is 0 Å². The molecule has 0 saturated carbocycles. The second-order valence-corrected chi connectivity index (χ2v) is 8.39. The van der Waals surface area contributed by atoms with Crippen LogP contribution in [0.4, 0.5) is 0 Å². The summed E-state index contributed by atoms with van der Waals surface area (Å²) < 4.78 is 17.1. The van der Waals surface area contributed by atoms with E-state index in [1.54, 1.807) is 37.1 Å². The molecule has 180 valence electrons. The third-order valence-electron chi connectivity index (χ3n) is 5.16. The highest BCUT2D eigenvalue weighted by molar-refractivity contribution is 7.13. The minimum absolute atomic E-state index is 0.0315. The quantitative estimate of drug-likeness (QED) is 0.328. The molecule has 0 spiro atoms. The van der Waals surface area contributed by atoms with E-state index in [0.29, 0.717) is 22.9 Å². The molecule has 0 N–H and O–H groups in total. The van der Waals surface area contributed by atoms with E-state index in [9.17, 15) is 9.59 Å². The number of para-hydroxylation sites is 1. The first-order chi connectivity index (χ1) is 17.0. The smallest absolute Gasteiger partial charge is 0.325 e. The molecule has 4 rings (SSSR count). The van der Waals surface area contributed by atoms with Crippen molar-refractivity contribution in [3.63, 3.8) is 0 Å². The van der Waals surface area contributed by atoms with E-state index in [1.165, 1.54) is 23.3 Å². The maximum atomic E-state index is 13.6. The van der Waals surface area contributed by atoms with Gasteiger partial charge in [0.15, 0.2) is 5.82 Å². The second-order valence-electron chi connectivity index (χ2n) is 7.44. The van der Waals surface area contributed by atoms with Gasteiger partial charge in [-0.1, -0.05) is 24.3 Å². The monoisotopic (exact) mass is 492 g/mol. The number of esters is 1. The Morgan fingerprint density at radius 1 is 0.971 bits per heavy atom. The number of hydrogen-bond donors (Lipinski definition) is 0. The van der Waals surface area contributed by atoms with Gasteiger partial charge in [-0.05, 0) is 41.3 Å². The van der Waals surface area contributed by atoms with Crippen LogP contribution in [0.2, 0.25) is 0 Å². The molecule has 0 atom stereocenters. The average molecular weight is 493 g/mol. The Kier molecular flexibility index (Phi) is 7.41.